The van der Waals surface area contributed by atoms with E-state index in [-0.39, 0.29) is 6.03 Å². The Labute approximate surface area is 124 Å². The number of amides is 2. The Balaban J connectivity index is 1.82. The number of hydrogen-bond acceptors (Lipinski definition) is 3. The summed E-state index contributed by atoms with van der Waals surface area (Å²) in [6, 6.07) is 6.81. The second-order valence-corrected chi connectivity index (χ2v) is 5.23. The number of aromatic carboxylic acids is 1. The first-order valence-corrected chi connectivity index (χ1v) is 7.10. The molecule has 0 aliphatic carbocycles. The average Bonchev–Trinajstić information content (AvgIpc) is 2.48. The molecule has 1 fully saturated rings. The molecule has 0 atom stereocenters. The molecule has 0 bridgehead atoms. The van der Waals surface area contributed by atoms with Crippen molar-refractivity contribution < 1.29 is 14.7 Å². The van der Waals surface area contributed by atoms with Crippen LogP contribution in [0.4, 0.5) is 4.79 Å². The number of rotatable bonds is 4. The summed E-state index contributed by atoms with van der Waals surface area (Å²) >= 11 is 0. The molecule has 21 heavy (non-hydrogen) atoms. The van der Waals surface area contributed by atoms with Gasteiger partial charge in [0.2, 0.25) is 0 Å². The average molecular weight is 291 g/mol. The fourth-order valence-electron chi connectivity index (χ4n) is 2.37. The summed E-state index contributed by atoms with van der Waals surface area (Å²) in [6.45, 7) is 3.67. The third kappa shape index (κ3) is 4.19. The molecular weight excluding hydrogens is 270 g/mol. The summed E-state index contributed by atoms with van der Waals surface area (Å²) in [5.74, 6) is -0.934. The number of piperazine rings is 1. The number of nitrogens with zero attached hydrogens (tertiary/aromatic N) is 2. The second-order valence-electron chi connectivity index (χ2n) is 5.23. The van der Waals surface area contributed by atoms with Crippen molar-refractivity contribution in [3.05, 3.63) is 35.4 Å². The maximum Gasteiger partial charge on any atom is 0.335 e. The Morgan fingerprint density at radius 3 is 2.52 bits per heavy atom. The molecule has 6 heteroatoms. The van der Waals surface area contributed by atoms with Crippen molar-refractivity contribution in [2.45, 2.75) is 6.42 Å². The number of carboxylic acid groups (broad SMARTS) is 1. The quantitative estimate of drug-likeness (QED) is 0.864. The molecule has 1 saturated heterocycles. The van der Waals surface area contributed by atoms with Gasteiger partial charge >= 0.3 is 12.0 Å². The molecule has 0 saturated carbocycles. The lowest BCUT2D eigenvalue weighted by molar-refractivity contribution is 0.0695. The number of carbonyl (C=O) groups excluding carboxylic acids is 1. The van der Waals surface area contributed by atoms with Gasteiger partial charge in [0.1, 0.15) is 0 Å². The van der Waals surface area contributed by atoms with Crippen molar-refractivity contribution in [2.75, 3.05) is 39.8 Å². The van der Waals surface area contributed by atoms with Crippen LogP contribution in [0.25, 0.3) is 0 Å². The highest BCUT2D eigenvalue weighted by Crippen LogP contribution is 2.09. The van der Waals surface area contributed by atoms with E-state index in [9.17, 15) is 9.59 Å². The van der Waals surface area contributed by atoms with Crippen molar-refractivity contribution in [1.29, 1.82) is 0 Å². The molecule has 1 aromatic rings. The lowest BCUT2D eigenvalue weighted by atomic mass is 10.0. The molecule has 1 aliphatic rings. The van der Waals surface area contributed by atoms with Gasteiger partial charge in [-0.2, -0.15) is 0 Å². The predicted molar refractivity (Wildman–Crippen MR) is 79.6 cm³/mol. The van der Waals surface area contributed by atoms with E-state index in [0.717, 1.165) is 31.7 Å². The fraction of sp³-hybridized carbons (Fsp3) is 0.467. The number of likely N-dealkylation sites (N-methyl/N-ethyl adjacent to an activating group) is 1. The first kappa shape index (κ1) is 15.3. The van der Waals surface area contributed by atoms with Gasteiger partial charge in [-0.1, -0.05) is 18.2 Å². The number of carboxylic acids is 1. The van der Waals surface area contributed by atoms with Crippen LogP contribution < -0.4 is 5.32 Å². The summed E-state index contributed by atoms with van der Waals surface area (Å²) < 4.78 is 0. The molecule has 114 valence electrons. The fourth-order valence-corrected chi connectivity index (χ4v) is 2.37. The van der Waals surface area contributed by atoms with E-state index in [0.29, 0.717) is 18.5 Å². The van der Waals surface area contributed by atoms with Gasteiger partial charge in [-0.05, 0) is 25.1 Å². The third-order valence-corrected chi connectivity index (χ3v) is 3.71. The van der Waals surface area contributed by atoms with Crippen LogP contribution in [0, 0.1) is 0 Å². The molecule has 0 aromatic heterocycles. The summed E-state index contributed by atoms with van der Waals surface area (Å²) in [6.07, 6.45) is 0.516. The summed E-state index contributed by atoms with van der Waals surface area (Å²) in [5, 5.41) is 12.0. The van der Waals surface area contributed by atoms with Gasteiger partial charge in [0.15, 0.2) is 0 Å². The van der Waals surface area contributed by atoms with Gasteiger partial charge in [-0.25, -0.2) is 9.59 Å². The van der Waals surface area contributed by atoms with Crippen LogP contribution in [0.1, 0.15) is 15.9 Å². The highest BCUT2D eigenvalue weighted by Gasteiger charge is 2.18. The van der Waals surface area contributed by atoms with E-state index in [1.807, 2.05) is 13.1 Å². The van der Waals surface area contributed by atoms with Crippen molar-refractivity contribution in [3.63, 3.8) is 0 Å². The minimum Gasteiger partial charge on any atom is -0.478 e. The van der Waals surface area contributed by atoms with Gasteiger partial charge in [-0.15, -0.1) is 0 Å². The molecule has 2 amide bonds. The normalized spacial score (nSPS) is 15.8. The highest BCUT2D eigenvalue weighted by atomic mass is 16.4. The molecule has 0 unspecified atom stereocenters. The van der Waals surface area contributed by atoms with Crippen LogP contribution in [-0.4, -0.2) is 66.7 Å². The van der Waals surface area contributed by atoms with Gasteiger partial charge in [-0.3, -0.25) is 0 Å². The number of benzene rings is 1. The minimum atomic E-state index is -0.934. The van der Waals surface area contributed by atoms with Crippen molar-refractivity contribution in [3.8, 4) is 0 Å². The lowest BCUT2D eigenvalue weighted by Crippen LogP contribution is -2.50. The Morgan fingerprint density at radius 1 is 1.19 bits per heavy atom. The molecule has 2 N–H and O–H groups in total. The molecule has 0 radical (unpaired) electrons. The van der Waals surface area contributed by atoms with Crippen LogP contribution >= 0.6 is 0 Å². The molecule has 0 spiro atoms. The standard InChI is InChI=1S/C15H21N3O3/c1-17-8-10-18(11-9-17)15(21)16-7-6-12-4-2-3-5-13(12)14(19)20/h2-5H,6-11H2,1H3,(H,16,21)(H,19,20). The van der Waals surface area contributed by atoms with Gasteiger partial charge in [0.05, 0.1) is 5.56 Å². The zero-order chi connectivity index (χ0) is 15.2. The predicted octanol–water partition coefficient (Wildman–Crippen LogP) is 0.884. The van der Waals surface area contributed by atoms with E-state index in [1.54, 1.807) is 23.1 Å². The SMILES string of the molecule is CN1CCN(C(=O)NCCc2ccccc2C(=O)O)CC1. The number of nitrogens with one attached hydrogen (secondary N) is 1. The molecule has 2 rings (SSSR count). The second kappa shape index (κ2) is 7.08. The van der Waals surface area contributed by atoms with Gasteiger partial charge < -0.3 is 20.2 Å². The van der Waals surface area contributed by atoms with E-state index in [4.69, 9.17) is 5.11 Å². The monoisotopic (exact) mass is 291 g/mol. The number of carbonyl (C=O) groups is 2. The van der Waals surface area contributed by atoms with Crippen molar-refractivity contribution in [2.24, 2.45) is 0 Å². The van der Waals surface area contributed by atoms with Gasteiger partial charge in [0.25, 0.3) is 0 Å². The van der Waals surface area contributed by atoms with Crippen LogP contribution in [0.3, 0.4) is 0 Å². The third-order valence-electron chi connectivity index (χ3n) is 3.71. The Kier molecular flexibility index (Phi) is 5.16. The zero-order valence-electron chi connectivity index (χ0n) is 12.2. The highest BCUT2D eigenvalue weighted by molar-refractivity contribution is 5.89. The largest absolute Gasteiger partial charge is 0.478 e. The van der Waals surface area contributed by atoms with Crippen molar-refractivity contribution in [1.82, 2.24) is 15.1 Å². The molecular formula is C15H21N3O3. The Bertz CT molecular complexity index is 511. The zero-order valence-corrected chi connectivity index (χ0v) is 12.2. The van der Waals surface area contributed by atoms with Crippen LogP contribution in [0.15, 0.2) is 24.3 Å². The molecule has 1 aliphatic heterocycles. The lowest BCUT2D eigenvalue weighted by Gasteiger charge is -2.32. The maximum atomic E-state index is 12.0. The first-order valence-electron chi connectivity index (χ1n) is 7.10. The summed E-state index contributed by atoms with van der Waals surface area (Å²) in [7, 11) is 2.04. The Morgan fingerprint density at radius 2 is 1.86 bits per heavy atom. The molecule has 1 heterocycles. The molecule has 1 aromatic carbocycles. The first-order chi connectivity index (χ1) is 10.1. The van der Waals surface area contributed by atoms with Gasteiger partial charge in [0, 0.05) is 32.7 Å². The van der Waals surface area contributed by atoms with E-state index >= 15 is 0 Å². The Hall–Kier alpha value is -2.08. The maximum absolute atomic E-state index is 12.0. The summed E-state index contributed by atoms with van der Waals surface area (Å²) in [4.78, 5) is 27.1. The molecule has 6 nitrogen and oxygen atoms in total. The van der Waals surface area contributed by atoms with Crippen LogP contribution in [0.2, 0.25) is 0 Å². The van der Waals surface area contributed by atoms with E-state index in [2.05, 4.69) is 10.2 Å². The number of hydrogen-bond donors (Lipinski definition) is 2. The van der Waals surface area contributed by atoms with E-state index in [1.165, 1.54) is 0 Å². The smallest absolute Gasteiger partial charge is 0.335 e. The topological polar surface area (TPSA) is 72.9 Å². The number of urea groups is 1. The van der Waals surface area contributed by atoms with E-state index < -0.39 is 5.97 Å². The minimum absolute atomic E-state index is 0.0732. The summed E-state index contributed by atoms with van der Waals surface area (Å²) in [5.41, 5.74) is 1.04. The van der Waals surface area contributed by atoms with Crippen LogP contribution in [-0.2, 0) is 6.42 Å². The van der Waals surface area contributed by atoms with Crippen LogP contribution in [0.5, 0.6) is 0 Å². The van der Waals surface area contributed by atoms with Crippen molar-refractivity contribution >= 4 is 12.0 Å².